The van der Waals surface area contributed by atoms with Gasteiger partial charge in [-0.3, -0.25) is 0 Å². The van der Waals surface area contributed by atoms with Crippen LogP contribution in [0.5, 0.6) is 0 Å². The van der Waals surface area contributed by atoms with Crippen molar-refractivity contribution in [2.24, 2.45) is 0 Å². The molecule has 0 radical (unpaired) electrons. The molecule has 2 aromatic rings. The van der Waals surface area contributed by atoms with Crippen LogP contribution in [0.3, 0.4) is 0 Å². The highest BCUT2D eigenvalue weighted by Crippen LogP contribution is 2.21. The Hall–Kier alpha value is -1.28. The van der Waals surface area contributed by atoms with E-state index < -0.39 is 0 Å². The third-order valence-corrected chi connectivity index (χ3v) is 3.37. The molecule has 1 aromatic carbocycles. The molecule has 0 aliphatic rings. The molecule has 0 unspecified atom stereocenters. The van der Waals surface area contributed by atoms with Crippen LogP contribution >= 0.6 is 11.6 Å². The zero-order valence-electron chi connectivity index (χ0n) is 10.5. The third kappa shape index (κ3) is 2.52. The molecule has 17 heavy (non-hydrogen) atoms. The SMILES string of the molecule is CCc1c(C)nn(Cc2cccc(C)c2)c1Cl. The predicted octanol–water partition coefficient (Wildman–Crippen LogP) is 3.76. The average molecular weight is 249 g/mol. The number of nitrogens with zero attached hydrogens (tertiary/aromatic N) is 2. The maximum absolute atomic E-state index is 6.32. The Balaban J connectivity index is 2.30. The van der Waals surface area contributed by atoms with Crippen molar-refractivity contribution in [3.05, 3.63) is 51.8 Å². The van der Waals surface area contributed by atoms with E-state index in [-0.39, 0.29) is 0 Å². The summed E-state index contributed by atoms with van der Waals surface area (Å²) in [7, 11) is 0. The minimum Gasteiger partial charge on any atom is -0.249 e. The number of halogens is 1. The summed E-state index contributed by atoms with van der Waals surface area (Å²) in [5, 5.41) is 5.26. The van der Waals surface area contributed by atoms with Crippen LogP contribution in [0.2, 0.25) is 5.15 Å². The summed E-state index contributed by atoms with van der Waals surface area (Å²) in [6, 6.07) is 8.43. The van der Waals surface area contributed by atoms with Gasteiger partial charge in [0.05, 0.1) is 12.2 Å². The monoisotopic (exact) mass is 248 g/mol. The quantitative estimate of drug-likeness (QED) is 0.809. The minimum atomic E-state index is 0.737. The van der Waals surface area contributed by atoms with Gasteiger partial charge in [0.15, 0.2) is 0 Å². The molecule has 2 rings (SSSR count). The molecule has 2 nitrogen and oxygen atoms in total. The van der Waals surface area contributed by atoms with Crippen LogP contribution < -0.4 is 0 Å². The van der Waals surface area contributed by atoms with Gasteiger partial charge in [0.2, 0.25) is 0 Å². The largest absolute Gasteiger partial charge is 0.249 e. The molecule has 1 heterocycles. The highest BCUT2D eigenvalue weighted by atomic mass is 35.5. The van der Waals surface area contributed by atoms with Gasteiger partial charge in [0.25, 0.3) is 0 Å². The number of hydrogen-bond acceptors (Lipinski definition) is 1. The fourth-order valence-electron chi connectivity index (χ4n) is 2.08. The second kappa shape index (κ2) is 4.92. The van der Waals surface area contributed by atoms with E-state index in [1.165, 1.54) is 11.1 Å². The lowest BCUT2D eigenvalue weighted by atomic mass is 10.1. The predicted molar refractivity (Wildman–Crippen MR) is 71.6 cm³/mol. The topological polar surface area (TPSA) is 17.8 Å². The van der Waals surface area contributed by atoms with Gasteiger partial charge in [-0.2, -0.15) is 5.10 Å². The molecule has 0 N–H and O–H groups in total. The second-order valence-corrected chi connectivity index (χ2v) is 4.71. The van der Waals surface area contributed by atoms with Crippen LogP contribution in [-0.4, -0.2) is 9.78 Å². The maximum Gasteiger partial charge on any atom is 0.130 e. The summed E-state index contributed by atoms with van der Waals surface area (Å²) in [6.07, 6.45) is 0.929. The van der Waals surface area contributed by atoms with Gasteiger partial charge in [-0.1, -0.05) is 48.4 Å². The van der Waals surface area contributed by atoms with Gasteiger partial charge < -0.3 is 0 Å². The van der Waals surface area contributed by atoms with E-state index in [0.717, 1.165) is 29.4 Å². The first-order valence-corrected chi connectivity index (χ1v) is 6.27. The van der Waals surface area contributed by atoms with Gasteiger partial charge in [0.1, 0.15) is 5.15 Å². The van der Waals surface area contributed by atoms with Crippen LogP contribution in [0, 0.1) is 13.8 Å². The van der Waals surface area contributed by atoms with Crippen molar-refractivity contribution in [3.8, 4) is 0 Å². The van der Waals surface area contributed by atoms with Crippen molar-refractivity contribution < 1.29 is 0 Å². The van der Waals surface area contributed by atoms with Crippen molar-refractivity contribution in [2.75, 3.05) is 0 Å². The Morgan fingerprint density at radius 3 is 2.65 bits per heavy atom. The Bertz CT molecular complexity index is 529. The van der Waals surface area contributed by atoms with Crippen LogP contribution in [0.4, 0.5) is 0 Å². The van der Waals surface area contributed by atoms with Crippen molar-refractivity contribution >= 4 is 11.6 Å². The van der Waals surface area contributed by atoms with E-state index >= 15 is 0 Å². The molecule has 0 aliphatic heterocycles. The molecule has 0 saturated carbocycles. The number of benzene rings is 1. The van der Waals surface area contributed by atoms with E-state index in [1.54, 1.807) is 0 Å². The molecule has 0 fully saturated rings. The number of hydrogen-bond donors (Lipinski definition) is 0. The van der Waals surface area contributed by atoms with Crippen LogP contribution in [0.25, 0.3) is 0 Å². The summed E-state index contributed by atoms with van der Waals surface area (Å²) in [4.78, 5) is 0. The summed E-state index contributed by atoms with van der Waals surface area (Å²) >= 11 is 6.32. The lowest BCUT2D eigenvalue weighted by molar-refractivity contribution is 0.680. The van der Waals surface area contributed by atoms with Crippen molar-refractivity contribution in [3.63, 3.8) is 0 Å². The van der Waals surface area contributed by atoms with Gasteiger partial charge in [-0.15, -0.1) is 0 Å². The summed E-state index contributed by atoms with van der Waals surface area (Å²) in [6.45, 7) is 6.95. The van der Waals surface area contributed by atoms with E-state index in [4.69, 9.17) is 11.6 Å². The van der Waals surface area contributed by atoms with E-state index in [2.05, 4.69) is 43.2 Å². The average Bonchev–Trinajstić information content (AvgIpc) is 2.54. The smallest absolute Gasteiger partial charge is 0.130 e. The molecule has 0 bridgehead atoms. The standard InChI is InChI=1S/C14H17ClN2/c1-4-13-11(3)16-17(14(13)15)9-12-7-5-6-10(2)8-12/h5-8H,4,9H2,1-3H3. The molecular formula is C14H17ClN2. The molecule has 0 aliphatic carbocycles. The molecule has 3 heteroatoms. The first kappa shape index (κ1) is 12.2. The molecule has 90 valence electrons. The number of aromatic nitrogens is 2. The van der Waals surface area contributed by atoms with Crippen molar-refractivity contribution in [1.82, 2.24) is 9.78 Å². The minimum absolute atomic E-state index is 0.737. The van der Waals surface area contributed by atoms with Crippen LogP contribution in [0.15, 0.2) is 24.3 Å². The first-order valence-electron chi connectivity index (χ1n) is 5.89. The Morgan fingerprint density at radius 1 is 1.29 bits per heavy atom. The molecule has 0 amide bonds. The van der Waals surface area contributed by atoms with Gasteiger partial charge >= 0.3 is 0 Å². The second-order valence-electron chi connectivity index (χ2n) is 4.36. The zero-order valence-corrected chi connectivity index (χ0v) is 11.3. The normalized spacial score (nSPS) is 10.8. The Kier molecular flexibility index (Phi) is 3.53. The number of aryl methyl sites for hydroxylation is 2. The third-order valence-electron chi connectivity index (χ3n) is 2.95. The highest BCUT2D eigenvalue weighted by Gasteiger charge is 2.11. The van der Waals surface area contributed by atoms with E-state index in [9.17, 15) is 0 Å². The summed E-state index contributed by atoms with van der Waals surface area (Å²) in [5.41, 5.74) is 4.68. The van der Waals surface area contributed by atoms with Crippen molar-refractivity contribution in [1.29, 1.82) is 0 Å². The highest BCUT2D eigenvalue weighted by molar-refractivity contribution is 6.30. The van der Waals surface area contributed by atoms with Crippen molar-refractivity contribution in [2.45, 2.75) is 33.7 Å². The van der Waals surface area contributed by atoms with E-state index in [1.807, 2.05) is 11.6 Å². The maximum atomic E-state index is 6.32. The fraction of sp³-hybridized carbons (Fsp3) is 0.357. The van der Waals surface area contributed by atoms with E-state index in [0.29, 0.717) is 0 Å². The van der Waals surface area contributed by atoms with Crippen LogP contribution in [0.1, 0.15) is 29.3 Å². The molecular weight excluding hydrogens is 232 g/mol. The first-order chi connectivity index (χ1) is 8.11. The van der Waals surface area contributed by atoms with Crippen LogP contribution in [-0.2, 0) is 13.0 Å². The molecule has 0 atom stereocenters. The Labute approximate surface area is 107 Å². The molecule has 0 spiro atoms. The lowest BCUT2D eigenvalue weighted by Crippen LogP contribution is -2.02. The fourth-order valence-corrected chi connectivity index (χ4v) is 2.45. The summed E-state index contributed by atoms with van der Waals surface area (Å²) in [5.74, 6) is 0. The molecule has 1 aromatic heterocycles. The zero-order chi connectivity index (χ0) is 12.4. The van der Waals surface area contributed by atoms with Gasteiger partial charge in [0, 0.05) is 5.56 Å². The summed E-state index contributed by atoms with van der Waals surface area (Å²) < 4.78 is 1.88. The lowest BCUT2D eigenvalue weighted by Gasteiger charge is -2.04. The number of rotatable bonds is 3. The Morgan fingerprint density at radius 2 is 2.06 bits per heavy atom. The van der Waals surface area contributed by atoms with Gasteiger partial charge in [-0.05, 0) is 25.8 Å². The van der Waals surface area contributed by atoms with Gasteiger partial charge in [-0.25, -0.2) is 4.68 Å². The molecule has 0 saturated heterocycles.